The number of likely N-dealkylation sites (N-methyl/N-ethyl adjacent to an activating group) is 1. The average Bonchev–Trinajstić information content (AvgIpc) is 3.79. The molecule has 2 nitrogen and oxygen atoms in total. The molecule has 0 spiro atoms. The van der Waals surface area contributed by atoms with Crippen molar-refractivity contribution in [1.82, 2.24) is 0 Å². The Bertz CT molecular complexity index is 2030. The highest BCUT2D eigenvalue weighted by Gasteiger charge is 2.64. The zero-order valence-electron chi connectivity index (χ0n) is 39.5. The Labute approximate surface area is 361 Å². The number of allylic oxidation sites excluding steroid dienone is 8. The van der Waals surface area contributed by atoms with Crippen LogP contribution >= 0.6 is 0 Å². The second-order valence-electron chi connectivity index (χ2n) is 24.6. The number of ether oxygens (including phenoxy) is 1. The van der Waals surface area contributed by atoms with E-state index in [1.54, 1.807) is 39.0 Å². The molecule has 7 aliphatic rings. The Hall–Kier alpha value is -2.62. The van der Waals surface area contributed by atoms with Gasteiger partial charge in [0.1, 0.15) is 0 Å². The van der Waals surface area contributed by atoms with Gasteiger partial charge in [0.25, 0.3) is 0 Å². The first-order valence-electron chi connectivity index (χ1n) is 24.1. The van der Waals surface area contributed by atoms with Crippen LogP contribution in [0, 0.1) is 45.3 Å². The maximum atomic E-state index is 6.22. The van der Waals surface area contributed by atoms with E-state index < -0.39 is 8.07 Å². The van der Waals surface area contributed by atoms with Crippen LogP contribution in [-0.2, 0) is 4.74 Å². The van der Waals surface area contributed by atoms with E-state index in [9.17, 15) is 0 Å². The molecule has 9 rings (SSSR count). The molecule has 0 N–H and O–H groups in total. The van der Waals surface area contributed by atoms with Crippen LogP contribution in [0.15, 0.2) is 95.1 Å². The highest BCUT2D eigenvalue weighted by molar-refractivity contribution is 6.82. The van der Waals surface area contributed by atoms with Crippen molar-refractivity contribution in [2.75, 3.05) is 18.6 Å². The molecule has 6 aliphatic carbocycles. The zero-order chi connectivity index (χ0) is 42.1. The maximum Gasteiger partial charge on any atom is 0.0634 e. The monoisotopic (exact) mass is 810 g/mol. The molecule has 59 heavy (non-hydrogen) atoms. The molecule has 8 unspecified atom stereocenters. The van der Waals surface area contributed by atoms with Gasteiger partial charge in [-0.15, -0.1) is 0 Å². The number of benzene rings is 2. The van der Waals surface area contributed by atoms with Crippen LogP contribution in [0.4, 0.5) is 5.69 Å². The van der Waals surface area contributed by atoms with Crippen molar-refractivity contribution in [3.63, 3.8) is 0 Å². The van der Waals surface area contributed by atoms with Gasteiger partial charge in [-0.2, -0.15) is 0 Å². The van der Waals surface area contributed by atoms with Crippen LogP contribution < -0.4 is 4.90 Å². The number of nitrogens with zero attached hydrogens (tertiary/aromatic N) is 1. The Morgan fingerprint density at radius 3 is 1.54 bits per heavy atom. The Morgan fingerprint density at radius 2 is 1.03 bits per heavy atom. The first-order chi connectivity index (χ1) is 27.7. The Kier molecular flexibility index (Phi) is 10.0. The molecular weight excluding hydrogens is 731 g/mol. The molecule has 0 amide bonds. The van der Waals surface area contributed by atoms with Gasteiger partial charge in [-0.1, -0.05) is 154 Å². The third-order valence-corrected chi connectivity index (χ3v) is 23.7. The van der Waals surface area contributed by atoms with Crippen LogP contribution in [0.3, 0.4) is 0 Å². The summed E-state index contributed by atoms with van der Waals surface area (Å²) in [6, 6.07) is 21.2. The molecule has 1 heterocycles. The molecule has 0 saturated heterocycles. The minimum atomic E-state index is -2.22. The molecule has 1 aliphatic heterocycles. The zero-order valence-corrected chi connectivity index (χ0v) is 40.5. The molecule has 3 heteroatoms. The summed E-state index contributed by atoms with van der Waals surface area (Å²) < 4.78 is 6.22. The number of anilines is 1. The third-order valence-electron chi connectivity index (χ3n) is 17.9. The van der Waals surface area contributed by atoms with Crippen molar-refractivity contribution in [1.29, 1.82) is 0 Å². The van der Waals surface area contributed by atoms with Gasteiger partial charge in [0.2, 0.25) is 0 Å². The summed E-state index contributed by atoms with van der Waals surface area (Å²) in [7, 11) is 0.185. The highest BCUT2D eigenvalue weighted by Crippen LogP contribution is 2.72. The van der Waals surface area contributed by atoms with E-state index >= 15 is 0 Å². The molecule has 3 fully saturated rings. The lowest BCUT2D eigenvalue weighted by atomic mass is 9.56. The number of rotatable bonds is 9. The Balaban J connectivity index is 1.22. The van der Waals surface area contributed by atoms with Gasteiger partial charge in [-0.25, -0.2) is 0 Å². The number of unbranched alkanes of at least 4 members (excludes halogenated alkanes) is 3. The van der Waals surface area contributed by atoms with E-state index in [0.29, 0.717) is 46.7 Å². The predicted octanol–water partition coefficient (Wildman–Crippen LogP) is 15.3. The molecule has 3 saturated carbocycles. The van der Waals surface area contributed by atoms with Crippen molar-refractivity contribution in [2.24, 2.45) is 45.3 Å². The van der Waals surface area contributed by atoms with Crippen LogP contribution in [0.5, 0.6) is 0 Å². The van der Waals surface area contributed by atoms with E-state index in [1.807, 2.05) is 0 Å². The Morgan fingerprint density at radius 1 is 0.593 bits per heavy atom. The summed E-state index contributed by atoms with van der Waals surface area (Å²) in [6.07, 6.45) is 22.1. The first-order valence-corrected chi connectivity index (χ1v) is 27.0. The quantitative estimate of drug-likeness (QED) is 0.185. The van der Waals surface area contributed by atoms with Gasteiger partial charge in [-0.3, -0.25) is 0 Å². The minimum absolute atomic E-state index is 0.0615. The second-order valence-corrected chi connectivity index (χ2v) is 29.4. The van der Waals surface area contributed by atoms with Gasteiger partial charge in [-0.05, 0) is 154 Å². The van der Waals surface area contributed by atoms with Crippen LogP contribution in [0.2, 0.25) is 18.1 Å². The first kappa shape index (κ1) is 41.7. The lowest BCUT2D eigenvalue weighted by Gasteiger charge is -2.50. The van der Waals surface area contributed by atoms with Gasteiger partial charge in [0.15, 0.2) is 0 Å². The van der Waals surface area contributed by atoms with E-state index in [2.05, 4.69) is 167 Å². The predicted molar refractivity (Wildman–Crippen MR) is 254 cm³/mol. The van der Waals surface area contributed by atoms with Crippen molar-refractivity contribution < 1.29 is 4.74 Å². The fourth-order valence-corrected chi connectivity index (χ4v) is 21.2. The fraction of sp³-hybridized carbons (Fsp3) is 0.643. The fourth-order valence-electron chi connectivity index (χ4n) is 14.6. The summed E-state index contributed by atoms with van der Waals surface area (Å²) in [5, 5.41) is 0. The number of fused-ring (bicyclic) bond motifs is 10. The molecule has 8 atom stereocenters. The summed E-state index contributed by atoms with van der Waals surface area (Å²) >= 11 is 0. The van der Waals surface area contributed by atoms with Crippen molar-refractivity contribution in [2.45, 2.75) is 169 Å². The highest BCUT2D eigenvalue weighted by atomic mass is 28.3. The maximum absolute atomic E-state index is 6.22. The van der Waals surface area contributed by atoms with Crippen LogP contribution in [0.1, 0.15) is 162 Å². The van der Waals surface area contributed by atoms with Crippen molar-refractivity contribution in [3.8, 4) is 0 Å². The van der Waals surface area contributed by atoms with Gasteiger partial charge in [0, 0.05) is 25.3 Å². The molecule has 2 aromatic rings. The molecule has 0 bridgehead atoms. The van der Waals surface area contributed by atoms with Crippen LogP contribution in [0.25, 0.3) is 0 Å². The van der Waals surface area contributed by atoms with E-state index in [-0.39, 0.29) is 27.3 Å². The summed E-state index contributed by atoms with van der Waals surface area (Å²) in [4.78, 5) is 2.68. The van der Waals surface area contributed by atoms with Crippen molar-refractivity contribution >= 4 is 13.8 Å². The molecule has 318 valence electrons. The van der Waals surface area contributed by atoms with E-state index in [0.717, 1.165) is 6.61 Å². The summed E-state index contributed by atoms with van der Waals surface area (Å²) in [5.41, 5.74) is 15.3. The number of hydrogen-bond acceptors (Lipinski definition) is 2. The molecule has 0 aromatic heterocycles. The SMILES string of the molecule is CN1c2ccccc2C2C1c1ccccc1C2[Si](C)(CCCCCCOC(C)(C)C)C1C2C=C3C(=CC2C2C=C4C(=CC21)C(C)(C)CCC4(C)C)C(C)(C)CCC3(C)C. The molecule has 0 radical (unpaired) electrons. The van der Waals surface area contributed by atoms with Gasteiger partial charge < -0.3 is 9.64 Å². The third kappa shape index (κ3) is 6.71. The second kappa shape index (κ2) is 14.2. The van der Waals surface area contributed by atoms with Crippen molar-refractivity contribution in [3.05, 3.63) is 112 Å². The van der Waals surface area contributed by atoms with Crippen LogP contribution in [-0.4, -0.2) is 27.3 Å². The topological polar surface area (TPSA) is 12.5 Å². The summed E-state index contributed by atoms with van der Waals surface area (Å²) in [5.74, 6) is 2.80. The largest absolute Gasteiger partial charge is 0.376 e. The smallest absolute Gasteiger partial charge is 0.0634 e. The lowest BCUT2D eigenvalue weighted by Crippen LogP contribution is -2.49. The molecule has 2 aromatic carbocycles. The van der Waals surface area contributed by atoms with Gasteiger partial charge >= 0.3 is 0 Å². The van der Waals surface area contributed by atoms with E-state index in [1.165, 1.54) is 63.1 Å². The summed E-state index contributed by atoms with van der Waals surface area (Å²) in [6.45, 7) is 31.0. The molecular formula is C56H79NOSi. The average molecular weight is 810 g/mol. The number of para-hydroxylation sites is 1. The van der Waals surface area contributed by atoms with E-state index in [4.69, 9.17) is 4.74 Å². The van der Waals surface area contributed by atoms with Gasteiger partial charge in [0.05, 0.1) is 19.7 Å². The standard InChI is InChI=1S/C56H79NOSi/c1-52(2,3)58-30-20-14-15-21-31-59(13,51-37-23-17-16-22-36(37)49-48(51)38-24-18-19-25-47(38)57(49)12)50-41-34-45-43(53(4,5)26-28-55(45,8)9)32-39(41)40-33-44-46(35-42(40)50)56(10,11)29-27-54(44,6)7/h16-19,22-25,32-35,39-42,48-51H,14-15,20-21,26-31H2,1-13H3. The number of hydrogen-bond donors (Lipinski definition) is 0. The normalized spacial score (nSPS) is 33.7. The minimum Gasteiger partial charge on any atom is -0.376 e. The lowest BCUT2D eigenvalue weighted by molar-refractivity contribution is -0.00471.